The molecule has 4 rings (SSSR count). The highest BCUT2D eigenvalue weighted by atomic mass is 35.5. The molecule has 1 aliphatic heterocycles. The van der Waals surface area contributed by atoms with Gasteiger partial charge in [0.2, 0.25) is 0 Å². The molecule has 1 N–H and O–H groups in total. The van der Waals surface area contributed by atoms with E-state index in [9.17, 15) is 13.2 Å². The highest BCUT2D eigenvalue weighted by Gasteiger charge is 2.53. The van der Waals surface area contributed by atoms with Gasteiger partial charge in [0.05, 0.1) is 24.8 Å². The van der Waals surface area contributed by atoms with Crippen LogP contribution in [0, 0.1) is 5.92 Å². The molecule has 1 aliphatic carbocycles. The number of benzene rings is 2. The maximum Gasteiger partial charge on any atom is 0.417 e. The van der Waals surface area contributed by atoms with Crippen LogP contribution in [0.5, 0.6) is 11.5 Å². The zero-order valence-electron chi connectivity index (χ0n) is 16.8. The van der Waals surface area contributed by atoms with E-state index in [4.69, 9.17) is 21.1 Å². The number of alkyl halides is 3. The zero-order chi connectivity index (χ0) is 21.5. The van der Waals surface area contributed by atoms with Gasteiger partial charge in [-0.1, -0.05) is 17.7 Å². The molecule has 4 nitrogen and oxygen atoms in total. The van der Waals surface area contributed by atoms with Gasteiger partial charge in [0.25, 0.3) is 0 Å². The van der Waals surface area contributed by atoms with Gasteiger partial charge in [0, 0.05) is 30.9 Å². The second kappa shape index (κ2) is 8.19. The van der Waals surface area contributed by atoms with Crippen molar-refractivity contribution >= 4 is 17.3 Å². The molecule has 0 bridgehead atoms. The van der Waals surface area contributed by atoms with Crippen LogP contribution in [0.25, 0.3) is 0 Å². The summed E-state index contributed by atoms with van der Waals surface area (Å²) in [6.45, 7) is 1.29. The minimum absolute atomic E-state index is 0.290. The first kappa shape index (κ1) is 21.1. The Bertz CT molecular complexity index is 922. The fourth-order valence-electron chi connectivity index (χ4n) is 4.60. The van der Waals surface area contributed by atoms with Crippen molar-refractivity contribution in [2.45, 2.75) is 31.1 Å². The molecule has 2 fully saturated rings. The van der Waals surface area contributed by atoms with Crippen LogP contribution < -0.4 is 14.8 Å². The van der Waals surface area contributed by atoms with Crippen molar-refractivity contribution in [1.29, 1.82) is 0 Å². The minimum Gasteiger partial charge on any atom is -0.493 e. The molecule has 1 saturated heterocycles. The first-order valence-electron chi connectivity index (χ1n) is 9.91. The first-order chi connectivity index (χ1) is 14.3. The Hall–Kier alpha value is -2.12. The number of likely N-dealkylation sites (tertiary alicyclic amines) is 1. The van der Waals surface area contributed by atoms with Crippen LogP contribution in [0.1, 0.15) is 30.0 Å². The van der Waals surface area contributed by atoms with Crippen LogP contribution >= 0.6 is 11.6 Å². The molecule has 30 heavy (non-hydrogen) atoms. The third-order valence-electron chi connectivity index (χ3n) is 6.20. The van der Waals surface area contributed by atoms with Gasteiger partial charge >= 0.3 is 6.18 Å². The summed E-state index contributed by atoms with van der Waals surface area (Å²) in [6.07, 6.45) is -2.11. The largest absolute Gasteiger partial charge is 0.493 e. The van der Waals surface area contributed by atoms with Crippen molar-refractivity contribution in [3.05, 3.63) is 52.5 Å². The number of hydrogen-bond donors (Lipinski definition) is 1. The van der Waals surface area contributed by atoms with E-state index in [0.29, 0.717) is 41.7 Å². The van der Waals surface area contributed by atoms with Crippen molar-refractivity contribution in [2.24, 2.45) is 5.92 Å². The van der Waals surface area contributed by atoms with Crippen LogP contribution in [0.15, 0.2) is 36.4 Å². The van der Waals surface area contributed by atoms with E-state index in [0.717, 1.165) is 19.0 Å². The average molecular weight is 441 g/mol. The molecule has 2 aromatic rings. The first-order valence-corrected chi connectivity index (χ1v) is 10.3. The summed E-state index contributed by atoms with van der Waals surface area (Å²) in [6, 6.07) is 10.8. The van der Waals surface area contributed by atoms with E-state index in [1.807, 2.05) is 12.1 Å². The third kappa shape index (κ3) is 3.81. The maximum absolute atomic E-state index is 13.1. The predicted molar refractivity (Wildman–Crippen MR) is 110 cm³/mol. The molecule has 8 heteroatoms. The summed E-state index contributed by atoms with van der Waals surface area (Å²) in [5.74, 6) is 2.02. The van der Waals surface area contributed by atoms with Gasteiger partial charge < -0.3 is 14.8 Å². The van der Waals surface area contributed by atoms with Crippen molar-refractivity contribution in [3.8, 4) is 11.5 Å². The number of nitrogens with one attached hydrogen (secondary N) is 1. The summed E-state index contributed by atoms with van der Waals surface area (Å²) < 4.78 is 49.9. The molecule has 2 aliphatic rings. The van der Waals surface area contributed by atoms with E-state index < -0.39 is 11.7 Å². The highest BCUT2D eigenvalue weighted by Crippen LogP contribution is 2.55. The standard InChI is InChI=1S/C22H24ClF3N2O2/c1-29-19-8-3-13(11-20(19)30-2)21-15-5-7-18(15)28(21)10-9-27-14-4-6-17(23)16(12-14)22(24,25)26/h3-4,6,8,11-12,15,18,21,27H,5,7,9-10H2,1-2H3. The smallest absolute Gasteiger partial charge is 0.417 e. The molecule has 2 aromatic carbocycles. The van der Waals surface area contributed by atoms with Crippen molar-refractivity contribution in [3.63, 3.8) is 0 Å². The zero-order valence-corrected chi connectivity index (χ0v) is 17.6. The topological polar surface area (TPSA) is 33.7 Å². The lowest BCUT2D eigenvalue weighted by Gasteiger charge is -2.62. The number of ether oxygens (including phenoxy) is 2. The normalized spacial score (nSPS) is 23.2. The fourth-order valence-corrected chi connectivity index (χ4v) is 4.83. The Morgan fingerprint density at radius 1 is 1.07 bits per heavy atom. The molecule has 1 saturated carbocycles. The lowest BCUT2D eigenvalue weighted by molar-refractivity contribution is -0.137. The summed E-state index contributed by atoms with van der Waals surface area (Å²) in [5.41, 5.74) is 0.778. The van der Waals surface area contributed by atoms with E-state index in [2.05, 4.69) is 16.3 Å². The van der Waals surface area contributed by atoms with Gasteiger partial charge in [-0.2, -0.15) is 13.2 Å². The van der Waals surface area contributed by atoms with Gasteiger partial charge in [-0.05, 0) is 54.7 Å². The SMILES string of the molecule is COc1ccc(C2C3CCC3N2CCNc2ccc(Cl)c(C(F)(F)F)c2)cc1OC. The lowest BCUT2D eigenvalue weighted by Crippen LogP contribution is -2.64. The van der Waals surface area contributed by atoms with Crippen LogP contribution in [-0.4, -0.2) is 38.3 Å². The number of anilines is 1. The van der Waals surface area contributed by atoms with Crippen LogP contribution in [0.4, 0.5) is 18.9 Å². The summed E-state index contributed by atoms with van der Waals surface area (Å²) in [7, 11) is 3.24. The lowest BCUT2D eigenvalue weighted by atomic mass is 9.63. The van der Waals surface area contributed by atoms with Crippen molar-refractivity contribution in [2.75, 3.05) is 32.6 Å². The van der Waals surface area contributed by atoms with E-state index >= 15 is 0 Å². The third-order valence-corrected chi connectivity index (χ3v) is 6.53. The quantitative estimate of drug-likeness (QED) is 0.605. The number of piperidine rings is 1. The molecular formula is C22H24ClF3N2O2. The van der Waals surface area contributed by atoms with Gasteiger partial charge in [-0.3, -0.25) is 4.90 Å². The fraction of sp³-hybridized carbons (Fsp3) is 0.455. The highest BCUT2D eigenvalue weighted by molar-refractivity contribution is 6.31. The summed E-state index contributed by atoms with van der Waals surface area (Å²) >= 11 is 5.70. The molecule has 162 valence electrons. The van der Waals surface area contributed by atoms with Gasteiger partial charge in [0.15, 0.2) is 11.5 Å². The van der Waals surface area contributed by atoms with Gasteiger partial charge in [-0.15, -0.1) is 0 Å². The molecule has 1 heterocycles. The second-order valence-corrected chi connectivity index (χ2v) is 8.13. The number of hydrogen-bond acceptors (Lipinski definition) is 4. The van der Waals surface area contributed by atoms with Crippen LogP contribution in [-0.2, 0) is 6.18 Å². The Balaban J connectivity index is 1.43. The monoisotopic (exact) mass is 440 g/mol. The van der Waals surface area contributed by atoms with E-state index in [-0.39, 0.29) is 5.02 Å². The molecule has 0 spiro atoms. The van der Waals surface area contributed by atoms with E-state index in [1.165, 1.54) is 18.1 Å². The molecule has 3 unspecified atom stereocenters. The van der Waals surface area contributed by atoms with Crippen LogP contribution in [0.2, 0.25) is 5.02 Å². The Morgan fingerprint density at radius 3 is 2.47 bits per heavy atom. The number of methoxy groups -OCH3 is 2. The average Bonchev–Trinajstić information content (AvgIpc) is 2.70. The second-order valence-electron chi connectivity index (χ2n) is 7.72. The number of rotatable bonds is 7. The Morgan fingerprint density at radius 2 is 1.83 bits per heavy atom. The number of halogens is 4. The number of nitrogens with zero attached hydrogens (tertiary/aromatic N) is 1. The molecule has 0 aromatic heterocycles. The summed E-state index contributed by atoms with van der Waals surface area (Å²) in [5, 5.41) is 2.82. The molecule has 0 amide bonds. The molecule has 0 radical (unpaired) electrons. The van der Waals surface area contributed by atoms with Crippen molar-refractivity contribution < 1.29 is 22.6 Å². The van der Waals surface area contributed by atoms with Crippen molar-refractivity contribution in [1.82, 2.24) is 4.90 Å². The summed E-state index contributed by atoms with van der Waals surface area (Å²) in [4.78, 5) is 2.42. The molecular weight excluding hydrogens is 417 g/mol. The predicted octanol–water partition coefficient (Wildman–Crippen LogP) is 5.62. The molecule has 3 atom stereocenters. The van der Waals surface area contributed by atoms with Gasteiger partial charge in [-0.25, -0.2) is 0 Å². The maximum atomic E-state index is 13.1. The van der Waals surface area contributed by atoms with Crippen LogP contribution in [0.3, 0.4) is 0 Å². The van der Waals surface area contributed by atoms with Gasteiger partial charge in [0.1, 0.15) is 0 Å². The number of fused-ring (bicyclic) bond motifs is 1. The van der Waals surface area contributed by atoms with E-state index in [1.54, 1.807) is 20.3 Å². The Labute approximate surface area is 178 Å². The Kier molecular flexibility index (Phi) is 5.77. The minimum atomic E-state index is -4.47.